The van der Waals surface area contributed by atoms with E-state index in [4.69, 9.17) is 11.6 Å². The molecule has 1 fully saturated rings. The normalized spacial score (nSPS) is 15.4. The molecule has 172 valence electrons. The second-order valence-electron chi connectivity index (χ2n) is 8.20. The molecule has 3 aromatic carbocycles. The second kappa shape index (κ2) is 10.9. The maximum absolute atomic E-state index is 13.6. The van der Waals surface area contributed by atoms with Gasteiger partial charge in [-0.2, -0.15) is 0 Å². The highest BCUT2D eigenvalue weighted by atomic mass is 35.5. The SMILES string of the molecule is O=C(CN1CCCN(C(c2ccc(F)cc2)c2ccc(F)cc2)CC1)Nc1ccccc1Cl. The highest BCUT2D eigenvalue weighted by molar-refractivity contribution is 6.33. The Kier molecular flexibility index (Phi) is 7.70. The molecule has 0 aromatic heterocycles. The third-order valence-corrected chi connectivity index (χ3v) is 6.20. The lowest BCUT2D eigenvalue weighted by molar-refractivity contribution is -0.117. The Hall–Kier alpha value is -2.80. The van der Waals surface area contributed by atoms with Gasteiger partial charge in [0.1, 0.15) is 11.6 Å². The molecule has 1 amide bonds. The number of halogens is 3. The summed E-state index contributed by atoms with van der Waals surface area (Å²) in [6.45, 7) is 3.29. The van der Waals surface area contributed by atoms with Crippen molar-refractivity contribution in [2.24, 2.45) is 0 Å². The number of hydrogen-bond donors (Lipinski definition) is 1. The van der Waals surface area contributed by atoms with Gasteiger partial charge in [-0.05, 0) is 60.5 Å². The van der Waals surface area contributed by atoms with Crippen molar-refractivity contribution in [3.63, 3.8) is 0 Å². The summed E-state index contributed by atoms with van der Waals surface area (Å²) >= 11 is 6.15. The molecule has 1 saturated heterocycles. The van der Waals surface area contributed by atoms with Gasteiger partial charge in [0.05, 0.1) is 23.3 Å². The first-order valence-corrected chi connectivity index (χ1v) is 11.4. The highest BCUT2D eigenvalue weighted by Gasteiger charge is 2.26. The largest absolute Gasteiger partial charge is 0.324 e. The molecule has 1 aliphatic heterocycles. The number of nitrogens with one attached hydrogen (secondary N) is 1. The minimum atomic E-state index is -0.289. The summed E-state index contributed by atoms with van der Waals surface area (Å²) in [5.41, 5.74) is 2.51. The minimum absolute atomic E-state index is 0.106. The summed E-state index contributed by atoms with van der Waals surface area (Å²) in [5, 5.41) is 3.39. The van der Waals surface area contributed by atoms with Crippen LogP contribution in [0, 0.1) is 11.6 Å². The number of anilines is 1. The van der Waals surface area contributed by atoms with Gasteiger partial charge in [0.2, 0.25) is 5.91 Å². The van der Waals surface area contributed by atoms with Crippen LogP contribution in [0.5, 0.6) is 0 Å². The van der Waals surface area contributed by atoms with E-state index in [9.17, 15) is 13.6 Å². The van der Waals surface area contributed by atoms with Crippen molar-refractivity contribution in [1.82, 2.24) is 9.80 Å². The van der Waals surface area contributed by atoms with Gasteiger partial charge in [-0.1, -0.05) is 48.0 Å². The molecule has 7 heteroatoms. The lowest BCUT2D eigenvalue weighted by Crippen LogP contribution is -2.37. The van der Waals surface area contributed by atoms with Crippen molar-refractivity contribution in [2.75, 3.05) is 38.0 Å². The quantitative estimate of drug-likeness (QED) is 0.528. The van der Waals surface area contributed by atoms with E-state index in [0.717, 1.165) is 37.2 Å². The van der Waals surface area contributed by atoms with Crippen LogP contribution in [-0.4, -0.2) is 48.4 Å². The van der Waals surface area contributed by atoms with Crippen molar-refractivity contribution in [3.05, 3.63) is 101 Å². The molecule has 0 spiro atoms. The van der Waals surface area contributed by atoms with E-state index in [-0.39, 0.29) is 30.1 Å². The fourth-order valence-electron chi connectivity index (χ4n) is 4.27. The molecule has 3 aromatic rings. The van der Waals surface area contributed by atoms with Crippen molar-refractivity contribution in [3.8, 4) is 0 Å². The zero-order chi connectivity index (χ0) is 23.2. The third kappa shape index (κ3) is 6.16. The van der Waals surface area contributed by atoms with E-state index in [1.807, 2.05) is 12.1 Å². The average molecular weight is 470 g/mol. The number of para-hydroxylation sites is 1. The Bertz CT molecular complexity index is 1030. The van der Waals surface area contributed by atoms with Crippen LogP contribution in [0.15, 0.2) is 72.8 Å². The molecule has 1 N–H and O–H groups in total. The molecular weight excluding hydrogens is 444 g/mol. The second-order valence-corrected chi connectivity index (χ2v) is 8.61. The van der Waals surface area contributed by atoms with E-state index in [1.54, 1.807) is 36.4 Å². The highest BCUT2D eigenvalue weighted by Crippen LogP contribution is 2.30. The Labute approximate surface area is 197 Å². The number of amides is 1. The number of nitrogens with zero attached hydrogens (tertiary/aromatic N) is 2. The molecule has 1 heterocycles. The van der Waals surface area contributed by atoms with Crippen molar-refractivity contribution in [1.29, 1.82) is 0 Å². The molecule has 0 aliphatic carbocycles. The van der Waals surface area contributed by atoms with Crippen LogP contribution in [0.25, 0.3) is 0 Å². The maximum atomic E-state index is 13.6. The Morgan fingerprint density at radius 3 is 2.06 bits per heavy atom. The summed E-state index contributed by atoms with van der Waals surface area (Å²) in [6, 6.07) is 20.0. The first-order valence-electron chi connectivity index (χ1n) is 11.0. The zero-order valence-electron chi connectivity index (χ0n) is 18.2. The summed E-state index contributed by atoms with van der Waals surface area (Å²) in [4.78, 5) is 17.0. The Morgan fingerprint density at radius 2 is 1.45 bits per heavy atom. The standard InChI is InChI=1S/C26H26ClF2N3O/c27-23-4-1-2-5-24(23)30-25(33)18-31-14-3-15-32(17-16-31)26(19-6-10-21(28)11-7-19)20-8-12-22(29)13-9-20/h1-2,4-13,26H,3,14-18H2,(H,30,33). The molecule has 4 rings (SSSR count). The lowest BCUT2D eigenvalue weighted by atomic mass is 9.96. The number of hydrogen-bond acceptors (Lipinski definition) is 3. The van der Waals surface area contributed by atoms with E-state index in [2.05, 4.69) is 15.1 Å². The van der Waals surface area contributed by atoms with E-state index >= 15 is 0 Å². The van der Waals surface area contributed by atoms with Crippen LogP contribution in [-0.2, 0) is 4.79 Å². The van der Waals surface area contributed by atoms with Crippen molar-refractivity contribution in [2.45, 2.75) is 12.5 Å². The molecule has 0 saturated carbocycles. The van der Waals surface area contributed by atoms with E-state index in [1.165, 1.54) is 24.3 Å². The predicted octanol–water partition coefficient (Wildman–Crippen LogP) is 5.35. The summed E-state index contributed by atoms with van der Waals surface area (Å²) in [7, 11) is 0. The number of carbonyl (C=O) groups excluding carboxylic acids is 1. The third-order valence-electron chi connectivity index (χ3n) is 5.87. The van der Waals surface area contributed by atoms with Crippen LogP contribution in [0.1, 0.15) is 23.6 Å². The summed E-state index contributed by atoms with van der Waals surface area (Å²) in [6.07, 6.45) is 0.873. The van der Waals surface area contributed by atoms with Crippen LogP contribution < -0.4 is 5.32 Å². The fraction of sp³-hybridized carbons (Fsp3) is 0.269. The van der Waals surface area contributed by atoms with Crippen LogP contribution in [0.3, 0.4) is 0 Å². The molecule has 0 radical (unpaired) electrons. The fourth-order valence-corrected chi connectivity index (χ4v) is 4.45. The van der Waals surface area contributed by atoms with Gasteiger partial charge in [0.15, 0.2) is 0 Å². The first-order chi connectivity index (χ1) is 16.0. The van der Waals surface area contributed by atoms with Gasteiger partial charge < -0.3 is 5.32 Å². The van der Waals surface area contributed by atoms with Gasteiger partial charge in [0, 0.05) is 19.6 Å². The van der Waals surface area contributed by atoms with Crippen LogP contribution in [0.4, 0.5) is 14.5 Å². The molecular formula is C26H26ClF2N3O. The maximum Gasteiger partial charge on any atom is 0.238 e. The van der Waals surface area contributed by atoms with Gasteiger partial charge in [-0.15, -0.1) is 0 Å². The Morgan fingerprint density at radius 1 is 0.848 bits per heavy atom. The Balaban J connectivity index is 1.45. The predicted molar refractivity (Wildman–Crippen MR) is 127 cm³/mol. The first kappa shape index (κ1) is 23.4. The van der Waals surface area contributed by atoms with Crippen LogP contribution >= 0.6 is 11.6 Å². The molecule has 33 heavy (non-hydrogen) atoms. The topological polar surface area (TPSA) is 35.6 Å². The molecule has 0 bridgehead atoms. The average Bonchev–Trinajstić information content (AvgIpc) is 3.03. The van der Waals surface area contributed by atoms with Crippen molar-refractivity contribution >= 4 is 23.2 Å². The van der Waals surface area contributed by atoms with Gasteiger partial charge in [-0.25, -0.2) is 8.78 Å². The summed E-state index contributed by atoms with van der Waals surface area (Å²) in [5.74, 6) is -0.684. The molecule has 0 unspecified atom stereocenters. The van der Waals surface area contributed by atoms with Gasteiger partial charge in [-0.3, -0.25) is 14.6 Å². The van der Waals surface area contributed by atoms with E-state index in [0.29, 0.717) is 17.3 Å². The number of carbonyl (C=O) groups is 1. The zero-order valence-corrected chi connectivity index (χ0v) is 18.9. The smallest absolute Gasteiger partial charge is 0.238 e. The minimum Gasteiger partial charge on any atom is -0.324 e. The molecule has 4 nitrogen and oxygen atoms in total. The van der Waals surface area contributed by atoms with Gasteiger partial charge >= 0.3 is 0 Å². The number of rotatable bonds is 6. The monoisotopic (exact) mass is 469 g/mol. The number of benzene rings is 3. The van der Waals surface area contributed by atoms with Crippen LogP contribution in [0.2, 0.25) is 5.02 Å². The molecule has 0 atom stereocenters. The lowest BCUT2D eigenvalue weighted by Gasteiger charge is -2.31. The van der Waals surface area contributed by atoms with Crippen molar-refractivity contribution < 1.29 is 13.6 Å². The van der Waals surface area contributed by atoms with Gasteiger partial charge in [0.25, 0.3) is 0 Å². The van der Waals surface area contributed by atoms with E-state index < -0.39 is 0 Å². The summed E-state index contributed by atoms with van der Waals surface area (Å²) < 4.78 is 27.1. The molecule has 1 aliphatic rings.